The van der Waals surface area contributed by atoms with E-state index in [0.717, 1.165) is 11.3 Å². The van der Waals surface area contributed by atoms with Crippen molar-refractivity contribution >= 4 is 50.7 Å². The molecule has 6 heteroatoms. The van der Waals surface area contributed by atoms with Crippen LogP contribution >= 0.6 is 34.5 Å². The monoisotopic (exact) mass is 247 g/mol. The number of carbonyl (C=O) groups is 1. The Bertz CT molecular complexity index is 523. The van der Waals surface area contributed by atoms with Crippen LogP contribution in [0.3, 0.4) is 0 Å². The topological polar surface area (TPSA) is 50.2 Å². The maximum absolute atomic E-state index is 10.8. The van der Waals surface area contributed by atoms with E-state index in [2.05, 4.69) is 4.98 Å². The predicted molar refractivity (Wildman–Crippen MR) is 56.6 cm³/mol. The number of rotatable bonds is 1. The molecular weight excluding hydrogens is 245 g/mol. The number of halogens is 2. The fourth-order valence-corrected chi connectivity index (χ4v) is 2.51. The number of hydrogen-bond donors (Lipinski definition) is 1. The Morgan fingerprint density at radius 3 is 2.79 bits per heavy atom. The van der Waals surface area contributed by atoms with Gasteiger partial charge in [-0.25, -0.2) is 9.78 Å². The minimum atomic E-state index is -1.01. The molecule has 2 rings (SSSR count). The van der Waals surface area contributed by atoms with Crippen molar-refractivity contribution in [2.24, 2.45) is 0 Å². The van der Waals surface area contributed by atoms with Gasteiger partial charge in [0.2, 0.25) is 0 Å². The minimum Gasteiger partial charge on any atom is -0.478 e. The third kappa shape index (κ3) is 1.45. The summed E-state index contributed by atoms with van der Waals surface area (Å²) < 4.78 is 0.797. The van der Waals surface area contributed by atoms with E-state index in [-0.39, 0.29) is 10.0 Å². The number of carboxylic acids is 1. The van der Waals surface area contributed by atoms with Gasteiger partial charge in [0.15, 0.2) is 4.47 Å². The fourth-order valence-electron chi connectivity index (χ4n) is 1.12. The molecule has 0 saturated heterocycles. The normalized spacial score (nSPS) is 10.7. The first-order valence-electron chi connectivity index (χ1n) is 3.57. The van der Waals surface area contributed by atoms with Gasteiger partial charge in [-0.05, 0) is 12.1 Å². The van der Waals surface area contributed by atoms with Gasteiger partial charge in [0.25, 0.3) is 0 Å². The molecule has 0 fully saturated rings. The molecule has 0 spiro atoms. The zero-order valence-electron chi connectivity index (χ0n) is 6.62. The first-order valence-corrected chi connectivity index (χ1v) is 5.14. The summed E-state index contributed by atoms with van der Waals surface area (Å²) in [5.74, 6) is -1.01. The predicted octanol–water partition coefficient (Wildman–Crippen LogP) is 3.30. The molecule has 0 aliphatic rings. The van der Waals surface area contributed by atoms with Gasteiger partial charge in [0.1, 0.15) is 5.52 Å². The van der Waals surface area contributed by atoms with E-state index in [4.69, 9.17) is 28.3 Å². The molecule has 0 amide bonds. The molecule has 1 N–H and O–H groups in total. The maximum Gasteiger partial charge on any atom is 0.337 e. The second-order valence-corrected chi connectivity index (χ2v) is 4.53. The molecule has 3 nitrogen and oxygen atoms in total. The van der Waals surface area contributed by atoms with E-state index < -0.39 is 5.97 Å². The van der Waals surface area contributed by atoms with Crippen LogP contribution in [0.1, 0.15) is 10.4 Å². The lowest BCUT2D eigenvalue weighted by Crippen LogP contribution is -1.95. The van der Waals surface area contributed by atoms with Crippen molar-refractivity contribution in [3.63, 3.8) is 0 Å². The van der Waals surface area contributed by atoms with Gasteiger partial charge in [-0.3, -0.25) is 0 Å². The Morgan fingerprint density at radius 2 is 2.14 bits per heavy atom. The first kappa shape index (κ1) is 9.71. The minimum absolute atomic E-state index is 0.175. The summed E-state index contributed by atoms with van der Waals surface area (Å²) in [6.07, 6.45) is 0. The molecule has 1 heterocycles. The highest BCUT2D eigenvalue weighted by Gasteiger charge is 2.14. The number of benzene rings is 1. The highest BCUT2D eigenvalue weighted by atomic mass is 35.5. The van der Waals surface area contributed by atoms with E-state index >= 15 is 0 Å². The molecular formula is C8H3Cl2NO2S. The number of aromatic carboxylic acids is 1. The van der Waals surface area contributed by atoms with Crippen molar-refractivity contribution in [2.75, 3.05) is 0 Å². The largest absolute Gasteiger partial charge is 0.478 e. The van der Waals surface area contributed by atoms with Crippen molar-refractivity contribution in [1.82, 2.24) is 4.98 Å². The van der Waals surface area contributed by atoms with E-state index in [1.165, 1.54) is 12.1 Å². The first-order chi connectivity index (χ1) is 6.59. The number of fused-ring (bicyclic) bond motifs is 1. The van der Waals surface area contributed by atoms with Gasteiger partial charge in [0, 0.05) is 0 Å². The van der Waals surface area contributed by atoms with Crippen LogP contribution in [0.5, 0.6) is 0 Å². The summed E-state index contributed by atoms with van der Waals surface area (Å²) in [6, 6.07) is 2.95. The molecule has 0 saturated carbocycles. The van der Waals surface area contributed by atoms with Crippen LogP contribution in [0, 0.1) is 0 Å². The van der Waals surface area contributed by atoms with Crippen LogP contribution in [0.2, 0.25) is 9.49 Å². The van der Waals surface area contributed by atoms with Crippen molar-refractivity contribution in [2.45, 2.75) is 0 Å². The Hall–Kier alpha value is -0.840. The highest BCUT2D eigenvalue weighted by molar-refractivity contribution is 7.22. The molecule has 0 radical (unpaired) electrons. The number of nitrogens with zero attached hydrogens (tertiary/aromatic N) is 1. The number of thiazole rings is 1. The lowest BCUT2D eigenvalue weighted by Gasteiger charge is -1.96. The molecule has 14 heavy (non-hydrogen) atoms. The van der Waals surface area contributed by atoms with Crippen LogP contribution < -0.4 is 0 Å². The van der Waals surface area contributed by atoms with Gasteiger partial charge in [0.05, 0.1) is 15.3 Å². The summed E-state index contributed by atoms with van der Waals surface area (Å²) in [7, 11) is 0. The van der Waals surface area contributed by atoms with Crippen molar-refractivity contribution in [3.8, 4) is 0 Å². The molecule has 0 atom stereocenters. The van der Waals surface area contributed by atoms with Crippen molar-refractivity contribution in [3.05, 3.63) is 27.2 Å². The van der Waals surface area contributed by atoms with Crippen molar-refractivity contribution < 1.29 is 9.90 Å². The van der Waals surface area contributed by atoms with E-state index in [0.29, 0.717) is 15.2 Å². The summed E-state index contributed by atoms with van der Waals surface area (Å²) in [5, 5.41) is 9.29. The molecule has 0 unspecified atom stereocenters. The second-order valence-electron chi connectivity index (χ2n) is 2.54. The summed E-state index contributed by atoms with van der Waals surface area (Å²) in [5.41, 5.74) is 0.621. The molecule has 0 aliphatic heterocycles. The van der Waals surface area contributed by atoms with E-state index in [1.807, 2.05) is 0 Å². The Morgan fingerprint density at radius 1 is 1.43 bits per heavy atom. The molecule has 0 aliphatic carbocycles. The Labute approximate surface area is 92.9 Å². The second kappa shape index (κ2) is 3.38. The standard InChI is InChI=1S/C8H3Cl2NO2S/c9-4-2-1-3(7(12)13)6-5(4)11-8(10)14-6/h1-2H,(H,12,13). The van der Waals surface area contributed by atoms with Gasteiger partial charge in [-0.15, -0.1) is 11.3 Å². The average Bonchev–Trinajstić information content (AvgIpc) is 2.47. The summed E-state index contributed by atoms with van der Waals surface area (Å²) in [6.45, 7) is 0. The smallest absolute Gasteiger partial charge is 0.337 e. The van der Waals surface area contributed by atoms with Crippen molar-refractivity contribution in [1.29, 1.82) is 0 Å². The molecule has 0 bridgehead atoms. The van der Waals surface area contributed by atoms with Gasteiger partial charge >= 0.3 is 5.97 Å². The molecule has 1 aromatic carbocycles. The zero-order chi connectivity index (χ0) is 10.3. The van der Waals surface area contributed by atoms with E-state index in [1.54, 1.807) is 0 Å². The van der Waals surface area contributed by atoms with Crippen LogP contribution in [-0.4, -0.2) is 16.1 Å². The quantitative estimate of drug-likeness (QED) is 0.842. The Balaban J connectivity index is 2.87. The van der Waals surface area contributed by atoms with Crippen LogP contribution in [0.15, 0.2) is 12.1 Å². The number of aromatic nitrogens is 1. The average molecular weight is 248 g/mol. The third-order valence-electron chi connectivity index (χ3n) is 1.70. The SMILES string of the molecule is O=C(O)c1ccc(Cl)c2nc(Cl)sc12. The zero-order valence-corrected chi connectivity index (χ0v) is 8.95. The van der Waals surface area contributed by atoms with Crippen LogP contribution in [-0.2, 0) is 0 Å². The Kier molecular flexibility index (Phi) is 2.34. The third-order valence-corrected chi connectivity index (χ3v) is 3.20. The number of carboxylic acid groups (broad SMARTS) is 1. The highest BCUT2D eigenvalue weighted by Crippen LogP contribution is 2.33. The number of hydrogen-bond acceptors (Lipinski definition) is 3. The van der Waals surface area contributed by atoms with E-state index in [9.17, 15) is 4.79 Å². The lowest BCUT2D eigenvalue weighted by molar-refractivity contribution is 0.0699. The van der Waals surface area contributed by atoms with Gasteiger partial charge in [-0.1, -0.05) is 23.2 Å². The maximum atomic E-state index is 10.8. The summed E-state index contributed by atoms with van der Waals surface area (Å²) in [4.78, 5) is 14.8. The van der Waals surface area contributed by atoms with Crippen LogP contribution in [0.4, 0.5) is 0 Å². The van der Waals surface area contributed by atoms with Gasteiger partial charge < -0.3 is 5.11 Å². The molecule has 1 aromatic heterocycles. The lowest BCUT2D eigenvalue weighted by atomic mass is 10.2. The van der Waals surface area contributed by atoms with Gasteiger partial charge in [-0.2, -0.15) is 0 Å². The summed E-state index contributed by atoms with van der Waals surface area (Å²) >= 11 is 12.6. The van der Waals surface area contributed by atoms with Crippen LogP contribution in [0.25, 0.3) is 10.2 Å². The fraction of sp³-hybridized carbons (Fsp3) is 0. The molecule has 2 aromatic rings. The molecule has 72 valence electrons.